The third-order valence-electron chi connectivity index (χ3n) is 4.62. The first-order valence-corrected chi connectivity index (χ1v) is 11.3. The molecule has 33 heavy (non-hydrogen) atoms. The molecule has 0 bridgehead atoms. The second-order valence-corrected chi connectivity index (χ2v) is 8.80. The molecule has 0 saturated heterocycles. The zero-order valence-electron chi connectivity index (χ0n) is 17.9. The average molecular weight is 472 g/mol. The maximum atomic E-state index is 13.7. The highest BCUT2D eigenvalue weighted by Gasteiger charge is 2.17. The van der Waals surface area contributed by atoms with Crippen LogP contribution in [0.1, 0.15) is 21.5 Å². The summed E-state index contributed by atoms with van der Waals surface area (Å²) < 4.78 is 46.3. The summed E-state index contributed by atoms with van der Waals surface area (Å²) in [6.45, 7) is 3.42. The molecule has 0 aliphatic carbocycles. The van der Waals surface area contributed by atoms with Gasteiger partial charge in [0.05, 0.1) is 10.6 Å². The summed E-state index contributed by atoms with van der Waals surface area (Å²) in [7, 11) is -4.05. The number of rotatable bonds is 7. The Kier molecular flexibility index (Phi) is 7.29. The molecule has 0 aliphatic rings. The van der Waals surface area contributed by atoms with E-state index >= 15 is 0 Å². The fourth-order valence-corrected chi connectivity index (χ4v) is 4.00. The Bertz CT molecular complexity index is 1260. The number of carbonyl (C=O) groups is 2. The van der Waals surface area contributed by atoms with Gasteiger partial charge in [-0.2, -0.15) is 0 Å². The van der Waals surface area contributed by atoms with E-state index in [1.165, 1.54) is 42.5 Å². The van der Waals surface area contributed by atoms with Crippen LogP contribution in [0, 0.1) is 19.7 Å². The van der Waals surface area contributed by atoms with Gasteiger partial charge in [-0.1, -0.05) is 30.3 Å². The smallest absolute Gasteiger partial charge is 0.276 e. The Morgan fingerprint density at radius 1 is 0.879 bits per heavy atom. The van der Waals surface area contributed by atoms with Crippen LogP contribution in [0.4, 0.5) is 10.1 Å². The zero-order valence-corrected chi connectivity index (χ0v) is 18.7. The second kappa shape index (κ2) is 10.1. The Hall–Kier alpha value is -3.92. The summed E-state index contributed by atoms with van der Waals surface area (Å²) in [5.74, 6) is -1.34. The van der Waals surface area contributed by atoms with Gasteiger partial charge in [0.2, 0.25) is 0 Å². The first-order chi connectivity index (χ1) is 15.7. The lowest BCUT2D eigenvalue weighted by Crippen LogP contribution is -2.43. The molecule has 0 heterocycles. The van der Waals surface area contributed by atoms with E-state index in [1.807, 2.05) is 32.0 Å². The summed E-state index contributed by atoms with van der Waals surface area (Å²) in [6, 6.07) is 15.9. The molecular weight excluding hydrogens is 449 g/mol. The van der Waals surface area contributed by atoms with Gasteiger partial charge in [0.15, 0.2) is 6.61 Å². The number of amides is 2. The highest BCUT2D eigenvalue weighted by atomic mass is 32.2. The van der Waals surface area contributed by atoms with Gasteiger partial charge in [0.1, 0.15) is 11.6 Å². The highest BCUT2D eigenvalue weighted by Crippen LogP contribution is 2.22. The van der Waals surface area contributed by atoms with Crippen LogP contribution >= 0.6 is 0 Å². The summed E-state index contributed by atoms with van der Waals surface area (Å²) in [4.78, 5) is 24.1. The number of anilines is 1. The van der Waals surface area contributed by atoms with Crippen molar-refractivity contribution in [2.75, 3.05) is 11.3 Å². The standard InChI is InChI=1S/C23H22FN3O5S/c1-15-6-5-7-16(2)22(15)32-14-21(28)25-26-23(29)17-10-12-18(13-11-17)33(30,31)27-20-9-4-3-8-19(20)24/h3-13,27H,14H2,1-2H3,(H,25,28)(H,26,29). The van der Waals surface area contributed by atoms with Crippen LogP contribution in [0.5, 0.6) is 5.75 Å². The zero-order chi connectivity index (χ0) is 24.0. The summed E-state index contributed by atoms with van der Waals surface area (Å²) in [6.07, 6.45) is 0. The van der Waals surface area contributed by atoms with Crippen molar-refractivity contribution in [1.29, 1.82) is 0 Å². The minimum absolute atomic E-state index is 0.107. The van der Waals surface area contributed by atoms with Crippen molar-refractivity contribution in [2.45, 2.75) is 18.7 Å². The van der Waals surface area contributed by atoms with E-state index in [0.29, 0.717) is 5.75 Å². The fourth-order valence-electron chi connectivity index (χ4n) is 2.93. The molecule has 10 heteroatoms. The van der Waals surface area contributed by atoms with Gasteiger partial charge < -0.3 is 4.74 Å². The molecule has 0 aromatic heterocycles. The maximum Gasteiger partial charge on any atom is 0.276 e. The molecule has 0 aliphatic heterocycles. The molecule has 0 unspecified atom stereocenters. The SMILES string of the molecule is Cc1cccc(C)c1OCC(=O)NNC(=O)c1ccc(S(=O)(=O)Nc2ccccc2F)cc1. The summed E-state index contributed by atoms with van der Waals surface area (Å²) in [5.41, 5.74) is 6.15. The molecule has 3 aromatic carbocycles. The van der Waals surface area contributed by atoms with E-state index in [4.69, 9.17) is 4.74 Å². The Morgan fingerprint density at radius 2 is 1.52 bits per heavy atom. The molecule has 0 saturated carbocycles. The number of benzene rings is 3. The van der Waals surface area contributed by atoms with Gasteiger partial charge in [-0.3, -0.25) is 25.2 Å². The minimum atomic E-state index is -4.05. The van der Waals surface area contributed by atoms with E-state index < -0.39 is 27.7 Å². The fraction of sp³-hybridized carbons (Fsp3) is 0.130. The van der Waals surface area contributed by atoms with E-state index in [2.05, 4.69) is 15.6 Å². The molecule has 0 radical (unpaired) electrons. The molecule has 0 spiro atoms. The third kappa shape index (κ3) is 6.07. The largest absolute Gasteiger partial charge is 0.483 e. The topological polar surface area (TPSA) is 114 Å². The lowest BCUT2D eigenvalue weighted by atomic mass is 10.1. The maximum absolute atomic E-state index is 13.7. The number of hydrazine groups is 1. The van der Waals surface area contributed by atoms with Gasteiger partial charge in [-0.25, -0.2) is 12.8 Å². The number of hydrogen-bond acceptors (Lipinski definition) is 5. The van der Waals surface area contributed by atoms with Crippen LogP contribution in [-0.2, 0) is 14.8 Å². The molecule has 172 valence electrons. The third-order valence-corrected chi connectivity index (χ3v) is 6.00. The van der Waals surface area contributed by atoms with Gasteiger partial charge in [0.25, 0.3) is 21.8 Å². The molecule has 3 aromatic rings. The van der Waals surface area contributed by atoms with Crippen LogP contribution in [0.3, 0.4) is 0 Å². The molecule has 8 nitrogen and oxygen atoms in total. The summed E-state index contributed by atoms with van der Waals surface area (Å²) in [5, 5.41) is 0. The number of para-hydroxylation sites is 2. The normalized spacial score (nSPS) is 10.9. The van der Waals surface area contributed by atoms with Crippen molar-refractivity contribution < 1.29 is 27.1 Å². The second-order valence-electron chi connectivity index (χ2n) is 7.12. The van der Waals surface area contributed by atoms with Crippen molar-refractivity contribution in [2.24, 2.45) is 0 Å². The Morgan fingerprint density at radius 3 is 2.15 bits per heavy atom. The lowest BCUT2D eigenvalue weighted by Gasteiger charge is -2.12. The molecule has 0 atom stereocenters. The van der Waals surface area contributed by atoms with Crippen molar-refractivity contribution in [3.63, 3.8) is 0 Å². The number of hydrogen-bond donors (Lipinski definition) is 3. The molecule has 3 N–H and O–H groups in total. The van der Waals surface area contributed by atoms with Crippen LogP contribution in [0.15, 0.2) is 71.6 Å². The van der Waals surface area contributed by atoms with Gasteiger partial charge in [-0.05, 0) is 61.4 Å². The number of ether oxygens (including phenoxy) is 1. The van der Waals surface area contributed by atoms with Crippen LogP contribution in [-0.4, -0.2) is 26.8 Å². The van der Waals surface area contributed by atoms with Gasteiger partial charge in [0, 0.05) is 5.56 Å². The van der Waals surface area contributed by atoms with Crippen molar-refractivity contribution >= 4 is 27.5 Å². The van der Waals surface area contributed by atoms with Crippen molar-refractivity contribution in [3.8, 4) is 5.75 Å². The monoisotopic (exact) mass is 471 g/mol. The lowest BCUT2D eigenvalue weighted by molar-refractivity contribution is -0.123. The van der Waals surface area contributed by atoms with Crippen molar-refractivity contribution in [1.82, 2.24) is 10.9 Å². The highest BCUT2D eigenvalue weighted by molar-refractivity contribution is 7.92. The van der Waals surface area contributed by atoms with Crippen molar-refractivity contribution in [3.05, 3.63) is 89.2 Å². The predicted molar refractivity (Wildman–Crippen MR) is 121 cm³/mol. The van der Waals surface area contributed by atoms with Crippen LogP contribution in [0.25, 0.3) is 0 Å². The molecule has 3 rings (SSSR count). The molecule has 0 fully saturated rings. The molecule has 2 amide bonds. The number of halogens is 1. The van der Waals surface area contributed by atoms with E-state index in [-0.39, 0.29) is 22.8 Å². The first kappa shape index (κ1) is 23.7. The quantitative estimate of drug-likeness (QED) is 0.459. The van der Waals surface area contributed by atoms with E-state index in [0.717, 1.165) is 17.2 Å². The Labute approximate surface area is 190 Å². The van der Waals surface area contributed by atoms with Crippen LogP contribution < -0.4 is 20.3 Å². The minimum Gasteiger partial charge on any atom is -0.483 e. The first-order valence-electron chi connectivity index (χ1n) is 9.83. The number of nitrogens with one attached hydrogen (secondary N) is 3. The molecular formula is C23H22FN3O5S. The van der Waals surface area contributed by atoms with Crippen LogP contribution in [0.2, 0.25) is 0 Å². The predicted octanol–water partition coefficient (Wildman–Crippen LogP) is 3.08. The number of aryl methyl sites for hydroxylation is 2. The van der Waals surface area contributed by atoms with Gasteiger partial charge >= 0.3 is 0 Å². The number of sulfonamides is 1. The summed E-state index contributed by atoms with van der Waals surface area (Å²) >= 11 is 0. The van der Waals surface area contributed by atoms with E-state index in [9.17, 15) is 22.4 Å². The Balaban J connectivity index is 1.55. The van der Waals surface area contributed by atoms with Gasteiger partial charge in [-0.15, -0.1) is 0 Å². The van der Waals surface area contributed by atoms with E-state index in [1.54, 1.807) is 0 Å². The number of carbonyl (C=O) groups excluding carboxylic acids is 2. The average Bonchev–Trinajstić information content (AvgIpc) is 2.78.